The molecule has 0 saturated carbocycles. The molecule has 0 unspecified atom stereocenters. The SMILES string of the molecule is Cc1nn(-c2ccc(F)cc2)c(C)c1S(=O)(=O)Nc1ccccc1F. The lowest BCUT2D eigenvalue weighted by molar-refractivity contribution is 0.597. The van der Waals surface area contributed by atoms with Crippen molar-refractivity contribution in [3.8, 4) is 5.69 Å². The number of hydrogen-bond donors (Lipinski definition) is 1. The monoisotopic (exact) mass is 363 g/mol. The van der Waals surface area contributed by atoms with Gasteiger partial charge in [0.15, 0.2) is 0 Å². The van der Waals surface area contributed by atoms with Gasteiger partial charge in [0.2, 0.25) is 0 Å². The van der Waals surface area contributed by atoms with Gasteiger partial charge in [-0.2, -0.15) is 5.10 Å². The summed E-state index contributed by atoms with van der Waals surface area (Å²) < 4.78 is 55.9. The molecule has 3 rings (SSSR count). The third-order valence-electron chi connectivity index (χ3n) is 3.68. The molecule has 2 aromatic carbocycles. The van der Waals surface area contributed by atoms with E-state index in [2.05, 4.69) is 9.82 Å². The first-order chi connectivity index (χ1) is 11.8. The fraction of sp³-hybridized carbons (Fsp3) is 0.118. The number of sulfonamides is 1. The summed E-state index contributed by atoms with van der Waals surface area (Å²) in [4.78, 5) is -0.0416. The van der Waals surface area contributed by atoms with Gasteiger partial charge in [0.1, 0.15) is 16.5 Å². The molecule has 3 aromatic rings. The van der Waals surface area contributed by atoms with E-state index in [1.54, 1.807) is 13.8 Å². The predicted molar refractivity (Wildman–Crippen MR) is 90.2 cm³/mol. The van der Waals surface area contributed by atoms with Crippen molar-refractivity contribution in [2.75, 3.05) is 4.72 Å². The van der Waals surface area contributed by atoms with E-state index in [1.165, 1.54) is 53.2 Å². The third kappa shape index (κ3) is 3.25. The lowest BCUT2D eigenvalue weighted by Gasteiger charge is -2.09. The summed E-state index contributed by atoms with van der Waals surface area (Å²) in [5.41, 5.74) is 0.976. The van der Waals surface area contributed by atoms with Crippen LogP contribution in [-0.2, 0) is 10.0 Å². The highest BCUT2D eigenvalue weighted by Crippen LogP contribution is 2.25. The van der Waals surface area contributed by atoms with Gasteiger partial charge in [-0.25, -0.2) is 21.9 Å². The Hall–Kier alpha value is -2.74. The third-order valence-corrected chi connectivity index (χ3v) is 5.30. The Morgan fingerprint density at radius 3 is 2.28 bits per heavy atom. The van der Waals surface area contributed by atoms with Crippen molar-refractivity contribution >= 4 is 15.7 Å². The molecule has 1 heterocycles. The molecule has 0 saturated heterocycles. The Kier molecular flexibility index (Phi) is 4.30. The number of para-hydroxylation sites is 1. The fourth-order valence-corrected chi connectivity index (χ4v) is 4.05. The first kappa shape index (κ1) is 17.1. The first-order valence-corrected chi connectivity index (χ1v) is 8.87. The molecule has 0 radical (unpaired) electrons. The van der Waals surface area contributed by atoms with Gasteiger partial charge < -0.3 is 0 Å². The number of aryl methyl sites for hydroxylation is 1. The van der Waals surface area contributed by atoms with Crippen molar-refractivity contribution in [3.05, 3.63) is 71.6 Å². The molecule has 0 spiro atoms. The van der Waals surface area contributed by atoms with Crippen molar-refractivity contribution in [2.24, 2.45) is 0 Å². The molecule has 25 heavy (non-hydrogen) atoms. The molecule has 130 valence electrons. The zero-order valence-corrected chi connectivity index (χ0v) is 14.3. The number of aromatic nitrogens is 2. The Morgan fingerprint density at radius 2 is 1.64 bits per heavy atom. The molecule has 0 atom stereocenters. The molecule has 0 aliphatic carbocycles. The molecule has 0 aliphatic heterocycles. The van der Waals surface area contributed by atoms with Gasteiger partial charge in [0, 0.05) is 0 Å². The molecule has 0 aliphatic rings. The van der Waals surface area contributed by atoms with Crippen LogP contribution in [0.15, 0.2) is 53.4 Å². The van der Waals surface area contributed by atoms with Crippen LogP contribution in [0, 0.1) is 25.5 Å². The minimum absolute atomic E-state index is 0.0416. The first-order valence-electron chi connectivity index (χ1n) is 7.39. The van der Waals surface area contributed by atoms with E-state index in [9.17, 15) is 17.2 Å². The molecular weight excluding hydrogens is 348 g/mol. The van der Waals surface area contributed by atoms with Crippen molar-refractivity contribution in [1.82, 2.24) is 9.78 Å². The van der Waals surface area contributed by atoms with Crippen LogP contribution < -0.4 is 4.72 Å². The number of benzene rings is 2. The van der Waals surface area contributed by atoms with Gasteiger partial charge in [0.05, 0.1) is 22.8 Å². The maximum atomic E-state index is 13.8. The molecule has 0 amide bonds. The van der Waals surface area contributed by atoms with Crippen LogP contribution in [0.4, 0.5) is 14.5 Å². The molecule has 0 fully saturated rings. The van der Waals surface area contributed by atoms with E-state index < -0.39 is 21.7 Å². The van der Waals surface area contributed by atoms with Crippen LogP contribution in [0.1, 0.15) is 11.4 Å². The summed E-state index contributed by atoms with van der Waals surface area (Å²) in [5.74, 6) is -1.08. The number of anilines is 1. The van der Waals surface area contributed by atoms with Crippen LogP contribution in [0.2, 0.25) is 0 Å². The zero-order chi connectivity index (χ0) is 18.2. The van der Waals surface area contributed by atoms with Crippen LogP contribution in [0.25, 0.3) is 5.69 Å². The fourth-order valence-electron chi connectivity index (χ4n) is 2.59. The minimum atomic E-state index is -4.04. The Morgan fingerprint density at radius 1 is 1.00 bits per heavy atom. The summed E-state index contributed by atoms with van der Waals surface area (Å²) in [6, 6.07) is 11.0. The highest BCUT2D eigenvalue weighted by atomic mass is 32.2. The van der Waals surface area contributed by atoms with Crippen LogP contribution in [-0.4, -0.2) is 18.2 Å². The number of nitrogens with one attached hydrogen (secondary N) is 1. The van der Waals surface area contributed by atoms with Gasteiger partial charge >= 0.3 is 0 Å². The van der Waals surface area contributed by atoms with Crippen LogP contribution in [0.5, 0.6) is 0 Å². The Labute approximate surface area is 144 Å². The second-order valence-corrected chi connectivity index (χ2v) is 7.09. The van der Waals surface area contributed by atoms with Gasteiger partial charge in [-0.15, -0.1) is 0 Å². The van der Waals surface area contributed by atoms with E-state index in [4.69, 9.17) is 0 Å². The molecular formula is C17H15F2N3O2S. The topological polar surface area (TPSA) is 64.0 Å². The van der Waals surface area contributed by atoms with Gasteiger partial charge in [-0.3, -0.25) is 4.72 Å². The highest BCUT2D eigenvalue weighted by Gasteiger charge is 2.26. The van der Waals surface area contributed by atoms with Gasteiger partial charge in [0.25, 0.3) is 10.0 Å². The average Bonchev–Trinajstić information content (AvgIpc) is 2.85. The zero-order valence-electron chi connectivity index (χ0n) is 13.5. The number of hydrogen-bond acceptors (Lipinski definition) is 3. The smallest absolute Gasteiger partial charge is 0.265 e. The lowest BCUT2D eigenvalue weighted by Crippen LogP contribution is -2.15. The van der Waals surface area contributed by atoms with Crippen molar-refractivity contribution in [1.29, 1.82) is 0 Å². The standard InChI is InChI=1S/C17H15F2N3O2S/c1-11-17(25(23,24)21-16-6-4-3-5-15(16)19)12(2)22(20-11)14-9-7-13(18)8-10-14/h3-10,21H,1-2H3. The quantitative estimate of drug-likeness (QED) is 0.771. The average molecular weight is 363 g/mol. The number of nitrogens with zero attached hydrogens (tertiary/aromatic N) is 2. The van der Waals surface area contributed by atoms with Crippen molar-refractivity contribution in [2.45, 2.75) is 18.7 Å². The molecule has 5 nitrogen and oxygen atoms in total. The second-order valence-electron chi connectivity index (χ2n) is 5.47. The largest absolute Gasteiger partial charge is 0.277 e. The second kappa shape index (κ2) is 6.29. The number of rotatable bonds is 4. The molecule has 1 aromatic heterocycles. The minimum Gasteiger partial charge on any atom is -0.277 e. The van der Waals surface area contributed by atoms with Crippen LogP contribution in [0.3, 0.4) is 0 Å². The van der Waals surface area contributed by atoms with E-state index in [-0.39, 0.29) is 16.3 Å². The molecule has 0 bridgehead atoms. The van der Waals surface area contributed by atoms with Crippen LogP contribution >= 0.6 is 0 Å². The summed E-state index contributed by atoms with van der Waals surface area (Å²) in [6.45, 7) is 3.13. The normalized spacial score (nSPS) is 11.5. The molecule has 8 heteroatoms. The maximum Gasteiger partial charge on any atom is 0.265 e. The summed E-state index contributed by atoms with van der Waals surface area (Å²) in [6.07, 6.45) is 0. The van der Waals surface area contributed by atoms with E-state index in [0.717, 1.165) is 0 Å². The predicted octanol–water partition coefficient (Wildman–Crippen LogP) is 3.57. The summed E-state index contributed by atoms with van der Waals surface area (Å²) in [7, 11) is -4.04. The van der Waals surface area contributed by atoms with Gasteiger partial charge in [-0.1, -0.05) is 12.1 Å². The summed E-state index contributed by atoms with van der Waals surface area (Å²) >= 11 is 0. The Bertz CT molecular complexity index is 1030. The summed E-state index contributed by atoms with van der Waals surface area (Å²) in [5, 5.41) is 4.22. The van der Waals surface area contributed by atoms with Crippen molar-refractivity contribution < 1.29 is 17.2 Å². The molecule has 1 N–H and O–H groups in total. The van der Waals surface area contributed by atoms with E-state index >= 15 is 0 Å². The number of halogens is 2. The lowest BCUT2D eigenvalue weighted by atomic mass is 10.3. The van der Waals surface area contributed by atoms with Crippen molar-refractivity contribution in [3.63, 3.8) is 0 Å². The van der Waals surface area contributed by atoms with E-state index in [0.29, 0.717) is 11.4 Å². The van der Waals surface area contributed by atoms with Gasteiger partial charge in [-0.05, 0) is 50.2 Å². The highest BCUT2D eigenvalue weighted by molar-refractivity contribution is 7.92. The maximum absolute atomic E-state index is 13.8. The Balaban J connectivity index is 2.05. The van der Waals surface area contributed by atoms with E-state index in [1.807, 2.05) is 0 Å².